The number of carbonyl (C=O) groups excluding carboxylic acids is 2. The van der Waals surface area contributed by atoms with Crippen LogP contribution < -0.4 is 15.8 Å². The van der Waals surface area contributed by atoms with Crippen molar-refractivity contribution in [3.05, 3.63) is 70.4 Å². The Morgan fingerprint density at radius 1 is 1.20 bits per heavy atom. The molecule has 30 heavy (non-hydrogen) atoms. The second kappa shape index (κ2) is 8.68. The van der Waals surface area contributed by atoms with Gasteiger partial charge in [-0.1, -0.05) is 12.1 Å². The molecule has 3 aromatic rings. The smallest absolute Gasteiger partial charge is 0.355 e. The zero-order chi connectivity index (χ0) is 21.7. The van der Waals surface area contributed by atoms with Gasteiger partial charge in [0, 0.05) is 7.05 Å². The molecule has 2 heterocycles. The summed E-state index contributed by atoms with van der Waals surface area (Å²) in [5.74, 6) is -1.63. The molecule has 0 atom stereocenters. The Bertz CT molecular complexity index is 1080. The van der Waals surface area contributed by atoms with Gasteiger partial charge in [0.05, 0.1) is 29.5 Å². The van der Waals surface area contributed by atoms with Gasteiger partial charge in [0.2, 0.25) is 11.6 Å². The summed E-state index contributed by atoms with van der Waals surface area (Å²) >= 11 is 0. The normalized spacial score (nSPS) is 10.2. The predicted molar refractivity (Wildman–Crippen MR) is 104 cm³/mol. The number of furan rings is 1. The Kier molecular flexibility index (Phi) is 5.86. The number of para-hydroxylation sites is 1. The van der Waals surface area contributed by atoms with Gasteiger partial charge in [0.1, 0.15) is 6.33 Å². The molecule has 0 radical (unpaired) electrons. The van der Waals surface area contributed by atoms with Crippen molar-refractivity contribution in [1.82, 2.24) is 15.4 Å². The average molecular weight is 412 g/mol. The van der Waals surface area contributed by atoms with Crippen LogP contribution in [-0.4, -0.2) is 40.9 Å². The van der Waals surface area contributed by atoms with Crippen molar-refractivity contribution >= 4 is 34.9 Å². The SMILES string of the molecule is COC(=O)c1ccccc1N(C)c1ncnc(NNC(=O)c2ccco2)c1[N+](=O)[O-]. The fourth-order valence-electron chi connectivity index (χ4n) is 2.62. The number of hydrogen-bond donors (Lipinski definition) is 2. The first-order valence-corrected chi connectivity index (χ1v) is 8.44. The van der Waals surface area contributed by atoms with Crippen molar-refractivity contribution in [2.24, 2.45) is 0 Å². The lowest BCUT2D eigenvalue weighted by atomic mass is 10.1. The van der Waals surface area contributed by atoms with E-state index in [0.29, 0.717) is 5.69 Å². The van der Waals surface area contributed by atoms with E-state index in [1.165, 1.54) is 43.5 Å². The lowest BCUT2D eigenvalue weighted by molar-refractivity contribution is -0.383. The van der Waals surface area contributed by atoms with Crippen LogP contribution in [0.1, 0.15) is 20.9 Å². The number of esters is 1. The average Bonchev–Trinajstić information content (AvgIpc) is 3.31. The van der Waals surface area contributed by atoms with Gasteiger partial charge in [-0.15, -0.1) is 0 Å². The van der Waals surface area contributed by atoms with Crippen LogP contribution in [0.2, 0.25) is 0 Å². The van der Waals surface area contributed by atoms with E-state index in [0.717, 1.165) is 6.33 Å². The van der Waals surface area contributed by atoms with Crippen molar-refractivity contribution in [3.63, 3.8) is 0 Å². The quantitative estimate of drug-likeness (QED) is 0.336. The van der Waals surface area contributed by atoms with Crippen molar-refractivity contribution in [2.45, 2.75) is 0 Å². The Hall–Kier alpha value is -4.48. The zero-order valence-electron chi connectivity index (χ0n) is 15.9. The number of anilines is 3. The summed E-state index contributed by atoms with van der Waals surface area (Å²) in [6, 6.07) is 9.35. The molecule has 2 aromatic heterocycles. The minimum Gasteiger partial charge on any atom is -0.465 e. The number of aromatic nitrogens is 2. The van der Waals surface area contributed by atoms with Crippen LogP contribution in [0.5, 0.6) is 0 Å². The van der Waals surface area contributed by atoms with E-state index >= 15 is 0 Å². The number of rotatable bonds is 7. The minimum absolute atomic E-state index is 0.00329. The molecular formula is C18H16N6O6. The highest BCUT2D eigenvalue weighted by atomic mass is 16.6. The van der Waals surface area contributed by atoms with Crippen LogP contribution in [0.15, 0.2) is 53.4 Å². The monoisotopic (exact) mass is 412 g/mol. The molecule has 154 valence electrons. The fraction of sp³-hybridized carbons (Fsp3) is 0.111. The summed E-state index contributed by atoms with van der Waals surface area (Å²) in [6.07, 6.45) is 2.40. The van der Waals surface area contributed by atoms with Crippen LogP contribution in [0.25, 0.3) is 0 Å². The number of nitrogens with one attached hydrogen (secondary N) is 2. The maximum absolute atomic E-state index is 12.1. The fourth-order valence-corrected chi connectivity index (χ4v) is 2.62. The molecule has 0 saturated carbocycles. The van der Waals surface area contributed by atoms with Crippen molar-refractivity contribution < 1.29 is 23.7 Å². The summed E-state index contributed by atoms with van der Waals surface area (Å²) in [7, 11) is 2.73. The molecule has 1 aromatic carbocycles. The number of ether oxygens (including phenoxy) is 1. The molecule has 0 unspecified atom stereocenters. The van der Waals surface area contributed by atoms with E-state index in [4.69, 9.17) is 9.15 Å². The van der Waals surface area contributed by atoms with E-state index in [2.05, 4.69) is 20.8 Å². The van der Waals surface area contributed by atoms with E-state index in [1.807, 2.05) is 0 Å². The molecule has 3 rings (SSSR count). The number of hydrazine groups is 1. The summed E-state index contributed by atoms with van der Waals surface area (Å²) in [6.45, 7) is 0. The first-order valence-electron chi connectivity index (χ1n) is 8.44. The first-order chi connectivity index (χ1) is 14.4. The van der Waals surface area contributed by atoms with Crippen LogP contribution in [0.4, 0.5) is 23.0 Å². The van der Waals surface area contributed by atoms with Gasteiger partial charge in [-0.25, -0.2) is 14.8 Å². The van der Waals surface area contributed by atoms with Gasteiger partial charge in [-0.3, -0.25) is 25.8 Å². The molecule has 0 aliphatic heterocycles. The highest BCUT2D eigenvalue weighted by Gasteiger charge is 2.28. The molecule has 2 N–H and O–H groups in total. The Morgan fingerprint density at radius 3 is 2.63 bits per heavy atom. The number of methoxy groups -OCH3 is 1. The van der Waals surface area contributed by atoms with E-state index in [1.54, 1.807) is 18.2 Å². The molecule has 0 bridgehead atoms. The molecule has 12 nitrogen and oxygen atoms in total. The summed E-state index contributed by atoms with van der Waals surface area (Å²) in [5, 5.41) is 11.8. The molecule has 0 aliphatic rings. The number of nitro groups is 1. The third-order valence-corrected chi connectivity index (χ3v) is 4.01. The van der Waals surface area contributed by atoms with Crippen molar-refractivity contribution in [2.75, 3.05) is 24.5 Å². The highest BCUT2D eigenvalue weighted by Crippen LogP contribution is 2.35. The Morgan fingerprint density at radius 2 is 1.97 bits per heavy atom. The topological polar surface area (TPSA) is 153 Å². The zero-order valence-corrected chi connectivity index (χ0v) is 15.9. The standard InChI is InChI=1S/C18H16N6O6/c1-23(12-7-4-3-6-11(12)18(26)29-2)16-14(24(27)28)15(19-10-20-16)21-22-17(25)13-8-5-9-30-13/h3-10H,1-2H3,(H,22,25)(H,19,20,21). The second-order valence-corrected chi connectivity index (χ2v) is 5.78. The van der Waals surface area contributed by atoms with Crippen LogP contribution in [0, 0.1) is 10.1 Å². The van der Waals surface area contributed by atoms with Gasteiger partial charge >= 0.3 is 17.6 Å². The second-order valence-electron chi connectivity index (χ2n) is 5.78. The molecular weight excluding hydrogens is 396 g/mol. The van der Waals surface area contributed by atoms with Gasteiger partial charge in [0.25, 0.3) is 0 Å². The molecule has 0 spiro atoms. The van der Waals surface area contributed by atoms with Crippen molar-refractivity contribution in [1.29, 1.82) is 0 Å². The van der Waals surface area contributed by atoms with Crippen molar-refractivity contribution in [3.8, 4) is 0 Å². The number of nitrogens with zero attached hydrogens (tertiary/aromatic N) is 4. The van der Waals surface area contributed by atoms with Gasteiger partial charge < -0.3 is 14.1 Å². The number of benzene rings is 1. The third-order valence-electron chi connectivity index (χ3n) is 4.01. The number of amides is 1. The molecule has 0 saturated heterocycles. The van der Waals surface area contributed by atoms with Gasteiger partial charge in [-0.05, 0) is 24.3 Å². The molecule has 12 heteroatoms. The van der Waals surface area contributed by atoms with Crippen LogP contribution in [0.3, 0.4) is 0 Å². The van der Waals surface area contributed by atoms with Gasteiger partial charge in [-0.2, -0.15) is 0 Å². The Balaban J connectivity index is 1.96. The van der Waals surface area contributed by atoms with E-state index in [9.17, 15) is 19.7 Å². The molecule has 0 aliphatic carbocycles. The number of hydrogen-bond acceptors (Lipinski definition) is 10. The first kappa shape index (κ1) is 20.3. The lowest BCUT2D eigenvalue weighted by Crippen LogP contribution is -2.30. The van der Waals surface area contributed by atoms with E-state index in [-0.39, 0.29) is 23.0 Å². The molecule has 1 amide bonds. The highest BCUT2D eigenvalue weighted by molar-refractivity contribution is 5.97. The van der Waals surface area contributed by atoms with E-state index < -0.39 is 22.5 Å². The summed E-state index contributed by atoms with van der Waals surface area (Å²) < 4.78 is 9.72. The molecule has 0 fully saturated rings. The Labute approximate surface area is 169 Å². The minimum atomic E-state index is -0.700. The van der Waals surface area contributed by atoms with Crippen LogP contribution >= 0.6 is 0 Å². The lowest BCUT2D eigenvalue weighted by Gasteiger charge is -2.21. The maximum atomic E-state index is 12.1. The maximum Gasteiger partial charge on any atom is 0.355 e. The summed E-state index contributed by atoms with van der Waals surface area (Å²) in [4.78, 5) is 44.3. The van der Waals surface area contributed by atoms with Gasteiger partial charge in [0.15, 0.2) is 5.76 Å². The number of carbonyl (C=O) groups is 2. The summed E-state index contributed by atoms with van der Waals surface area (Å²) in [5.41, 5.74) is 4.69. The largest absolute Gasteiger partial charge is 0.465 e. The third kappa shape index (κ3) is 4.01. The van der Waals surface area contributed by atoms with Crippen LogP contribution in [-0.2, 0) is 4.74 Å². The predicted octanol–water partition coefficient (Wildman–Crippen LogP) is 2.29.